The Hall–Kier alpha value is -7.20. The van der Waals surface area contributed by atoms with Gasteiger partial charge >= 0.3 is 19.5 Å². The average molecular weight is 868 g/mol. The van der Waals surface area contributed by atoms with Gasteiger partial charge in [0.2, 0.25) is 0 Å². The van der Waals surface area contributed by atoms with Crippen LogP contribution in [-0.2, 0) is 34.4 Å². The molecule has 0 radical (unpaired) electrons. The van der Waals surface area contributed by atoms with Crippen molar-refractivity contribution in [2.24, 2.45) is 0 Å². The number of rotatable bonds is 15. The quantitative estimate of drug-likeness (QED) is 0.0625. The monoisotopic (exact) mass is 867 g/mol. The van der Waals surface area contributed by atoms with Gasteiger partial charge < -0.3 is 28.4 Å². The van der Waals surface area contributed by atoms with Crippen molar-refractivity contribution in [1.29, 1.82) is 0 Å². The average Bonchev–Trinajstić information content (AvgIpc) is 3.92. The number of nitrogens with zero attached hydrogens (tertiary/aromatic N) is 5. The molecule has 1 fully saturated rings. The molecule has 8 rings (SSSR count). The Kier molecular flexibility index (Phi) is 13.0. The molecule has 63 heavy (non-hydrogen) atoms. The number of aromatic nitrogens is 4. The second-order valence-corrected chi connectivity index (χ2v) is 16.1. The zero-order valence-electron chi connectivity index (χ0n) is 33.2. The lowest BCUT2D eigenvalue weighted by molar-refractivity contribution is -0.0555. The topological polar surface area (TPSA) is 199 Å². The lowest BCUT2D eigenvalue weighted by atomic mass is 10.1. The highest BCUT2D eigenvalue weighted by atomic mass is 31.2. The highest BCUT2D eigenvalue weighted by Gasteiger charge is 2.52. The minimum Gasteiger partial charge on any atom is -0.452 e. The van der Waals surface area contributed by atoms with E-state index in [0.717, 1.165) is 11.2 Å². The van der Waals surface area contributed by atoms with Crippen LogP contribution in [0.4, 0.5) is 5.82 Å². The summed E-state index contributed by atoms with van der Waals surface area (Å²) < 4.78 is 45.3. The van der Waals surface area contributed by atoms with Gasteiger partial charge in [0, 0.05) is 11.1 Å². The SMILES string of the molecule is O=C(O[C@@H]1[C@H](OC(=O)c2ccccc2)[C@@H](COP(=O)(CO)OCc2ccccc2)O[C@H]1n1cnc2c(N(C(=O)c3ccccc3)C(=O)c3ccccc3)ncnc21)c1ccccc1. The van der Waals surface area contributed by atoms with Crippen LogP contribution in [0.25, 0.3) is 11.2 Å². The number of ether oxygens (including phenoxy) is 3. The van der Waals surface area contributed by atoms with Crippen molar-refractivity contribution in [2.75, 3.05) is 17.9 Å². The van der Waals surface area contributed by atoms with E-state index in [2.05, 4.69) is 15.0 Å². The summed E-state index contributed by atoms with van der Waals surface area (Å²) >= 11 is 0. The van der Waals surface area contributed by atoms with E-state index in [4.69, 9.17) is 23.3 Å². The van der Waals surface area contributed by atoms with Crippen LogP contribution in [0.1, 0.15) is 53.2 Å². The van der Waals surface area contributed by atoms with Crippen molar-refractivity contribution >= 4 is 48.3 Å². The number of aliphatic hydroxyl groups is 1. The summed E-state index contributed by atoms with van der Waals surface area (Å²) in [4.78, 5) is 70.3. The zero-order valence-corrected chi connectivity index (χ0v) is 34.1. The number of amides is 2. The molecule has 16 nitrogen and oxygen atoms in total. The number of hydrogen-bond acceptors (Lipinski definition) is 14. The van der Waals surface area contributed by atoms with Gasteiger partial charge in [0.15, 0.2) is 35.4 Å². The standard InChI is InChI=1S/C46H38N5O11P/c52-30-63(57,58-26-31-16-6-1-7-17-31)59-27-36-38(61-45(55)34-22-12-4-13-23-34)39(62-46(56)35-24-14-5-15-25-35)44(60-36)50-29-49-37-40(50)47-28-48-41(37)51(42(53)32-18-8-2-9-19-32)43(54)33-20-10-3-11-21-33/h1-25,28-29,36,38-39,44,52H,26-27,30H2/t36-,38-,39-,44-,63?/m1/s1. The Labute approximate surface area is 360 Å². The van der Waals surface area contributed by atoms with Crippen molar-refractivity contribution in [3.63, 3.8) is 0 Å². The maximum atomic E-state index is 14.2. The van der Waals surface area contributed by atoms with Crippen LogP contribution in [0.15, 0.2) is 164 Å². The van der Waals surface area contributed by atoms with E-state index in [0.29, 0.717) is 5.56 Å². The van der Waals surface area contributed by atoms with Crippen molar-refractivity contribution in [3.05, 3.63) is 192 Å². The molecule has 2 amide bonds. The maximum absolute atomic E-state index is 14.2. The zero-order chi connectivity index (χ0) is 43.8. The van der Waals surface area contributed by atoms with Gasteiger partial charge in [-0.2, -0.15) is 0 Å². The number of esters is 2. The van der Waals surface area contributed by atoms with E-state index in [1.165, 1.54) is 35.2 Å². The molecule has 17 heteroatoms. The van der Waals surface area contributed by atoms with E-state index >= 15 is 0 Å². The summed E-state index contributed by atoms with van der Waals surface area (Å²) in [6.07, 6.45) is -4.22. The first-order valence-corrected chi connectivity index (χ1v) is 21.3. The highest BCUT2D eigenvalue weighted by molar-refractivity contribution is 7.53. The molecule has 1 aliphatic rings. The third-order valence-electron chi connectivity index (χ3n) is 9.94. The minimum absolute atomic E-state index is 0.0144. The first-order valence-electron chi connectivity index (χ1n) is 19.6. The van der Waals surface area contributed by atoms with E-state index in [1.807, 2.05) is 0 Å². The van der Waals surface area contributed by atoms with Gasteiger partial charge in [-0.05, 0) is 54.1 Å². The van der Waals surface area contributed by atoms with Crippen LogP contribution in [0, 0.1) is 0 Å². The van der Waals surface area contributed by atoms with Gasteiger partial charge in [0.05, 0.1) is 30.7 Å². The van der Waals surface area contributed by atoms with E-state index in [9.17, 15) is 28.8 Å². The Morgan fingerprint density at radius 1 is 0.635 bits per heavy atom. The van der Waals surface area contributed by atoms with Crippen molar-refractivity contribution < 1.29 is 52.1 Å². The molecule has 1 aliphatic heterocycles. The Morgan fingerprint density at radius 3 is 1.65 bits per heavy atom. The fourth-order valence-electron chi connectivity index (χ4n) is 6.81. The smallest absolute Gasteiger partial charge is 0.356 e. The maximum Gasteiger partial charge on any atom is 0.356 e. The molecule has 0 saturated carbocycles. The molecule has 318 valence electrons. The van der Waals surface area contributed by atoms with E-state index in [-0.39, 0.29) is 45.8 Å². The number of carbonyl (C=O) groups excluding carboxylic acids is 4. The van der Waals surface area contributed by atoms with Crippen LogP contribution in [0.2, 0.25) is 0 Å². The summed E-state index contributed by atoms with van der Waals surface area (Å²) in [7, 11) is -4.22. The molecule has 0 bridgehead atoms. The van der Waals surface area contributed by atoms with Crippen LogP contribution in [0.3, 0.4) is 0 Å². The minimum atomic E-state index is -4.22. The van der Waals surface area contributed by atoms with Crippen molar-refractivity contribution in [1.82, 2.24) is 19.5 Å². The molecule has 3 heterocycles. The molecule has 1 saturated heterocycles. The molecule has 5 aromatic carbocycles. The van der Waals surface area contributed by atoms with Crippen LogP contribution in [0.5, 0.6) is 0 Å². The first-order chi connectivity index (χ1) is 30.7. The second kappa shape index (κ2) is 19.2. The molecule has 7 aromatic rings. The summed E-state index contributed by atoms with van der Waals surface area (Å²) in [5.41, 5.74) is 1.39. The number of fused-ring (bicyclic) bond motifs is 1. The number of imidazole rings is 1. The highest BCUT2D eigenvalue weighted by Crippen LogP contribution is 2.49. The summed E-state index contributed by atoms with van der Waals surface area (Å²) in [5.74, 6) is -3.17. The van der Waals surface area contributed by atoms with E-state index in [1.54, 1.807) is 127 Å². The lowest BCUT2D eigenvalue weighted by Crippen LogP contribution is -2.41. The van der Waals surface area contributed by atoms with Crippen LogP contribution >= 0.6 is 7.60 Å². The number of carbonyl (C=O) groups is 4. The number of benzene rings is 5. The molecule has 1 N–H and O–H groups in total. The van der Waals surface area contributed by atoms with Crippen molar-refractivity contribution in [3.8, 4) is 0 Å². The summed E-state index contributed by atoms with van der Waals surface area (Å²) in [6, 6.07) is 41.3. The predicted octanol–water partition coefficient (Wildman–Crippen LogP) is 7.04. The third-order valence-corrected chi connectivity index (χ3v) is 11.4. The first kappa shape index (κ1) is 42.5. The molecule has 2 aromatic heterocycles. The summed E-state index contributed by atoms with van der Waals surface area (Å²) in [5, 5.41) is 10.2. The summed E-state index contributed by atoms with van der Waals surface area (Å²) in [6.45, 7) is -0.747. The molecule has 5 atom stereocenters. The second-order valence-electron chi connectivity index (χ2n) is 14.0. The van der Waals surface area contributed by atoms with Gasteiger partial charge in [-0.15, -0.1) is 0 Å². The van der Waals surface area contributed by atoms with E-state index < -0.39 is 68.8 Å². The third kappa shape index (κ3) is 9.50. The van der Waals surface area contributed by atoms with Gasteiger partial charge in [-0.1, -0.05) is 103 Å². The van der Waals surface area contributed by atoms with Gasteiger partial charge in [0.25, 0.3) is 11.8 Å². The van der Waals surface area contributed by atoms with Gasteiger partial charge in [-0.3, -0.25) is 18.7 Å². The fraction of sp³-hybridized carbons (Fsp3) is 0.152. The molecule has 0 spiro atoms. The number of anilines is 1. The molecular weight excluding hydrogens is 830 g/mol. The van der Waals surface area contributed by atoms with Crippen LogP contribution in [-0.4, -0.2) is 79.6 Å². The number of aliphatic hydroxyl groups excluding tert-OH is 1. The number of imide groups is 1. The predicted molar refractivity (Wildman–Crippen MR) is 226 cm³/mol. The Bertz CT molecular complexity index is 2700. The molecule has 0 aliphatic carbocycles. The van der Waals surface area contributed by atoms with Gasteiger partial charge in [0.1, 0.15) is 18.8 Å². The van der Waals surface area contributed by atoms with Crippen molar-refractivity contribution in [2.45, 2.75) is 31.1 Å². The Balaban J connectivity index is 1.20. The lowest BCUT2D eigenvalue weighted by Gasteiger charge is -2.25. The molecule has 1 unspecified atom stereocenters. The number of hydrogen-bond donors (Lipinski definition) is 1. The largest absolute Gasteiger partial charge is 0.452 e. The Morgan fingerprint density at radius 2 is 1.13 bits per heavy atom. The van der Waals surface area contributed by atoms with Crippen LogP contribution < -0.4 is 4.90 Å². The fourth-order valence-corrected chi connectivity index (χ4v) is 7.77. The van der Waals surface area contributed by atoms with Gasteiger partial charge in [-0.25, -0.2) is 29.4 Å². The molecular formula is C46H38N5O11P. The normalized spacial score (nSPS) is 18.0.